The number of benzene rings is 3. The Kier molecular flexibility index (Phi) is 11.4. The van der Waals surface area contributed by atoms with Crippen LogP contribution < -0.4 is 15.0 Å². The zero-order valence-electron chi connectivity index (χ0n) is 24.2. The Hall–Kier alpha value is -3.40. The van der Waals surface area contributed by atoms with Gasteiger partial charge in [-0.05, 0) is 67.9 Å². The van der Waals surface area contributed by atoms with Gasteiger partial charge in [0.2, 0.25) is 6.10 Å². The summed E-state index contributed by atoms with van der Waals surface area (Å²) in [7, 11) is 1.56. The van der Waals surface area contributed by atoms with Gasteiger partial charge in [0.15, 0.2) is 0 Å². The number of carboxylic acids is 1. The van der Waals surface area contributed by atoms with Gasteiger partial charge in [-0.1, -0.05) is 41.4 Å². The molecular weight excluding hydrogens is 574 g/mol. The number of anilines is 2. The van der Waals surface area contributed by atoms with Crippen molar-refractivity contribution in [3.63, 3.8) is 0 Å². The fourth-order valence-corrected chi connectivity index (χ4v) is 6.47. The number of piperazine rings is 1. The molecule has 0 saturated carbocycles. The Labute approximate surface area is 256 Å². The van der Waals surface area contributed by atoms with Crippen LogP contribution in [0.1, 0.15) is 29.7 Å². The van der Waals surface area contributed by atoms with Crippen LogP contribution in [0.15, 0.2) is 71.6 Å². The molecule has 4 rings (SSSR count). The molecule has 1 aliphatic heterocycles. The number of hydrogen-bond donors (Lipinski definition) is 2. The molecule has 0 radical (unpaired) electrons. The topological polar surface area (TPSA) is 91.3 Å². The number of aliphatic carboxylic acids is 1. The van der Waals surface area contributed by atoms with Crippen LogP contribution in [-0.2, 0) is 14.3 Å². The summed E-state index contributed by atoms with van der Waals surface area (Å²) in [5, 5.41) is 13.3. The first-order chi connectivity index (χ1) is 20.2. The second kappa shape index (κ2) is 15.2. The lowest BCUT2D eigenvalue weighted by molar-refractivity contribution is -0.162. The van der Waals surface area contributed by atoms with Gasteiger partial charge in [0, 0.05) is 60.9 Å². The van der Waals surface area contributed by atoms with Crippen LogP contribution in [0.5, 0.6) is 5.75 Å². The monoisotopic (exact) mass is 611 g/mol. The number of aryl methyl sites for hydroxylation is 1. The molecule has 224 valence electrons. The van der Waals surface area contributed by atoms with Crippen LogP contribution in [0.4, 0.5) is 11.4 Å². The third-order valence-electron chi connectivity index (χ3n) is 7.19. The number of ether oxygens (including phenoxy) is 2. The van der Waals surface area contributed by atoms with Crippen molar-refractivity contribution in [1.29, 1.82) is 0 Å². The number of halogens is 1. The van der Waals surface area contributed by atoms with E-state index in [-0.39, 0.29) is 0 Å². The second-order valence-electron chi connectivity index (χ2n) is 10.3. The van der Waals surface area contributed by atoms with Crippen LogP contribution in [0.25, 0.3) is 0 Å². The van der Waals surface area contributed by atoms with Gasteiger partial charge in [-0.3, -0.25) is 9.69 Å². The number of thioether (sulfide) groups is 1. The fraction of sp³-hybridized carbons (Fsp3) is 0.375. The van der Waals surface area contributed by atoms with Crippen molar-refractivity contribution in [1.82, 2.24) is 4.90 Å². The minimum Gasteiger partial charge on any atom is -0.497 e. The lowest BCUT2D eigenvalue weighted by atomic mass is 10.1. The van der Waals surface area contributed by atoms with Gasteiger partial charge in [0.1, 0.15) is 5.75 Å². The van der Waals surface area contributed by atoms with E-state index in [0.717, 1.165) is 56.3 Å². The summed E-state index contributed by atoms with van der Waals surface area (Å²) >= 11 is 7.67. The number of carbonyl (C=O) groups is 2. The van der Waals surface area contributed by atoms with Crippen molar-refractivity contribution in [3.05, 3.63) is 82.9 Å². The van der Waals surface area contributed by atoms with Crippen LogP contribution in [0, 0.1) is 6.92 Å². The molecule has 3 aromatic rings. The van der Waals surface area contributed by atoms with Crippen LogP contribution in [-0.4, -0.2) is 74.4 Å². The number of hydrogen-bond acceptors (Lipinski definition) is 8. The molecule has 1 saturated heterocycles. The molecule has 8 nitrogen and oxygen atoms in total. The van der Waals surface area contributed by atoms with E-state index in [0.29, 0.717) is 16.3 Å². The summed E-state index contributed by atoms with van der Waals surface area (Å²) in [6.45, 7) is 9.09. The van der Waals surface area contributed by atoms with Crippen LogP contribution >= 0.6 is 23.4 Å². The standard InChI is InChI=1S/C32H38ClN3O5S/c1-22-5-10-26(11-6-22)36-19-17-35(18-20-36)16-4-15-34-28-14-9-25(33)21-29(28)42-31(30(32(38)39)41-23(2)37)24-7-12-27(40-3)13-8-24/h5-14,21,30-31,34H,4,15-20H2,1-3H3,(H,38,39)/t30-,31+/m1/s1. The smallest absolute Gasteiger partial charge is 0.346 e. The Morgan fingerprint density at radius 1 is 1.02 bits per heavy atom. The Balaban J connectivity index is 1.39. The zero-order chi connectivity index (χ0) is 30.1. The molecule has 10 heteroatoms. The van der Waals surface area contributed by atoms with E-state index in [4.69, 9.17) is 21.1 Å². The van der Waals surface area contributed by atoms with E-state index in [1.807, 2.05) is 12.1 Å². The minimum atomic E-state index is -1.40. The van der Waals surface area contributed by atoms with Gasteiger partial charge < -0.3 is 24.8 Å². The SMILES string of the molecule is COc1ccc([C@H](Sc2cc(Cl)ccc2NCCCN2CCN(c3ccc(C)cc3)CC2)[C@@H](OC(C)=O)C(=O)O)cc1. The van der Waals surface area contributed by atoms with Gasteiger partial charge in [-0.25, -0.2) is 4.79 Å². The fourth-order valence-electron chi connectivity index (χ4n) is 4.91. The Morgan fingerprint density at radius 3 is 2.33 bits per heavy atom. The number of esters is 1. The van der Waals surface area contributed by atoms with E-state index in [9.17, 15) is 14.7 Å². The lowest BCUT2D eigenvalue weighted by Crippen LogP contribution is -2.46. The average Bonchev–Trinajstić information content (AvgIpc) is 2.98. The van der Waals surface area contributed by atoms with Crippen molar-refractivity contribution in [2.75, 3.05) is 56.6 Å². The lowest BCUT2D eigenvalue weighted by Gasteiger charge is -2.36. The molecule has 1 heterocycles. The summed E-state index contributed by atoms with van der Waals surface area (Å²) in [6, 6.07) is 21.3. The summed E-state index contributed by atoms with van der Waals surface area (Å²) in [4.78, 5) is 29.7. The summed E-state index contributed by atoms with van der Waals surface area (Å²) in [6.07, 6.45) is -0.448. The first kappa shape index (κ1) is 31.5. The number of rotatable bonds is 13. The number of methoxy groups -OCH3 is 1. The van der Waals surface area contributed by atoms with Gasteiger partial charge in [-0.15, -0.1) is 11.8 Å². The Morgan fingerprint density at radius 2 is 1.71 bits per heavy atom. The molecule has 0 aromatic heterocycles. The number of carbonyl (C=O) groups excluding carboxylic acids is 1. The van der Waals surface area contributed by atoms with E-state index in [1.54, 1.807) is 37.4 Å². The van der Waals surface area contributed by atoms with E-state index in [2.05, 4.69) is 46.3 Å². The maximum absolute atomic E-state index is 12.2. The average molecular weight is 612 g/mol. The maximum Gasteiger partial charge on any atom is 0.346 e. The largest absolute Gasteiger partial charge is 0.497 e. The van der Waals surface area contributed by atoms with Gasteiger partial charge >= 0.3 is 11.9 Å². The molecule has 2 N–H and O–H groups in total. The molecule has 42 heavy (non-hydrogen) atoms. The molecule has 0 bridgehead atoms. The highest BCUT2D eigenvalue weighted by Crippen LogP contribution is 2.43. The molecule has 1 aliphatic rings. The molecular formula is C32H38ClN3O5S. The third kappa shape index (κ3) is 8.80. The quantitative estimate of drug-likeness (QED) is 0.134. The van der Waals surface area contributed by atoms with Crippen molar-refractivity contribution in [3.8, 4) is 5.75 Å². The normalized spacial score (nSPS) is 15.1. The first-order valence-electron chi connectivity index (χ1n) is 14.0. The highest BCUT2D eigenvalue weighted by molar-refractivity contribution is 7.99. The molecule has 3 aromatic carbocycles. The molecule has 2 atom stereocenters. The van der Waals surface area contributed by atoms with Crippen molar-refractivity contribution >= 4 is 46.7 Å². The second-order valence-corrected chi connectivity index (χ2v) is 11.9. The van der Waals surface area contributed by atoms with E-state index < -0.39 is 23.3 Å². The minimum absolute atomic E-state index is 0.530. The summed E-state index contributed by atoms with van der Waals surface area (Å²) in [5.74, 6) is -1.24. The highest BCUT2D eigenvalue weighted by Gasteiger charge is 2.34. The van der Waals surface area contributed by atoms with E-state index in [1.165, 1.54) is 29.9 Å². The predicted octanol–water partition coefficient (Wildman–Crippen LogP) is 6.13. The molecule has 0 amide bonds. The number of nitrogens with zero attached hydrogens (tertiary/aromatic N) is 2. The van der Waals surface area contributed by atoms with Gasteiger partial charge in [-0.2, -0.15) is 0 Å². The molecule has 1 fully saturated rings. The third-order valence-corrected chi connectivity index (χ3v) is 8.79. The molecule has 0 spiro atoms. The number of nitrogens with one attached hydrogen (secondary N) is 1. The van der Waals surface area contributed by atoms with Crippen LogP contribution in [0.3, 0.4) is 0 Å². The van der Waals surface area contributed by atoms with E-state index >= 15 is 0 Å². The number of carboxylic acid groups (broad SMARTS) is 1. The highest BCUT2D eigenvalue weighted by atomic mass is 35.5. The molecule has 0 aliphatic carbocycles. The summed E-state index contributed by atoms with van der Waals surface area (Å²) < 4.78 is 10.5. The van der Waals surface area contributed by atoms with Crippen molar-refractivity contribution < 1.29 is 24.2 Å². The van der Waals surface area contributed by atoms with Crippen molar-refractivity contribution in [2.45, 2.75) is 36.5 Å². The predicted molar refractivity (Wildman–Crippen MR) is 169 cm³/mol. The van der Waals surface area contributed by atoms with Crippen molar-refractivity contribution in [2.24, 2.45) is 0 Å². The zero-order valence-corrected chi connectivity index (χ0v) is 25.8. The van der Waals surface area contributed by atoms with Gasteiger partial charge in [0.25, 0.3) is 0 Å². The first-order valence-corrected chi connectivity index (χ1v) is 15.3. The van der Waals surface area contributed by atoms with Crippen LogP contribution in [0.2, 0.25) is 5.02 Å². The molecule has 0 unspecified atom stereocenters. The summed E-state index contributed by atoms with van der Waals surface area (Å²) in [5.41, 5.74) is 4.08. The Bertz CT molecular complexity index is 1330. The van der Waals surface area contributed by atoms with Gasteiger partial charge in [0.05, 0.1) is 12.4 Å². The maximum atomic E-state index is 12.2.